The predicted octanol–water partition coefficient (Wildman–Crippen LogP) is 2.11. The molecule has 7 nitrogen and oxygen atoms in total. The molecule has 0 atom stereocenters. The van der Waals surface area contributed by atoms with Gasteiger partial charge in [-0.1, -0.05) is 12.1 Å². The van der Waals surface area contributed by atoms with Gasteiger partial charge in [0.25, 0.3) is 0 Å². The molecular formula is C14H15N5O2S2. The van der Waals surface area contributed by atoms with Crippen LogP contribution >= 0.6 is 11.3 Å². The Morgan fingerprint density at radius 1 is 1.13 bits per heavy atom. The van der Waals surface area contributed by atoms with Gasteiger partial charge in [0.1, 0.15) is 16.7 Å². The lowest BCUT2D eigenvalue weighted by Crippen LogP contribution is -2.10. The smallest absolute Gasteiger partial charge is 0.229 e. The quantitative estimate of drug-likeness (QED) is 0.707. The average Bonchev–Trinajstić information content (AvgIpc) is 2.97. The summed E-state index contributed by atoms with van der Waals surface area (Å²) < 4.78 is 24.8. The maximum atomic E-state index is 11.2. The third-order valence-electron chi connectivity index (χ3n) is 3.10. The van der Waals surface area contributed by atoms with Crippen molar-refractivity contribution in [3.8, 4) is 0 Å². The summed E-state index contributed by atoms with van der Waals surface area (Å²) in [6.45, 7) is 0.697. The number of sulfonamides is 1. The van der Waals surface area contributed by atoms with Crippen LogP contribution < -0.4 is 10.0 Å². The molecule has 0 aliphatic rings. The maximum absolute atomic E-state index is 11.2. The fraction of sp³-hybridized carbons (Fsp3) is 0.214. The number of hydrogen-bond donors (Lipinski definition) is 2. The first-order valence-electron chi connectivity index (χ1n) is 6.86. The van der Waals surface area contributed by atoms with E-state index in [1.165, 1.54) is 17.7 Å². The van der Waals surface area contributed by atoms with Crippen LogP contribution in [0.1, 0.15) is 5.56 Å². The third kappa shape index (κ3) is 4.14. The van der Waals surface area contributed by atoms with Crippen molar-refractivity contribution in [2.45, 2.75) is 6.42 Å². The SMILES string of the molecule is CS(=O)(=O)Nc1ccc(CCNc2ncnc3scnc23)cc1. The Kier molecular flexibility index (Phi) is 4.39. The van der Waals surface area contributed by atoms with E-state index < -0.39 is 10.0 Å². The summed E-state index contributed by atoms with van der Waals surface area (Å²) in [7, 11) is -3.24. The summed E-state index contributed by atoms with van der Waals surface area (Å²) >= 11 is 1.48. The number of nitrogens with zero attached hydrogens (tertiary/aromatic N) is 3. The minimum Gasteiger partial charge on any atom is -0.368 e. The first-order valence-corrected chi connectivity index (χ1v) is 9.63. The molecule has 2 N–H and O–H groups in total. The molecule has 0 aliphatic heterocycles. The minimum atomic E-state index is -3.24. The Bertz CT molecular complexity index is 906. The molecule has 1 aromatic carbocycles. The van der Waals surface area contributed by atoms with Crippen molar-refractivity contribution in [3.05, 3.63) is 41.7 Å². The molecule has 0 spiro atoms. The lowest BCUT2D eigenvalue weighted by molar-refractivity contribution is 0.607. The number of nitrogens with one attached hydrogen (secondary N) is 2. The number of aromatic nitrogens is 3. The molecule has 120 valence electrons. The summed E-state index contributed by atoms with van der Waals surface area (Å²) in [5, 5.41) is 3.26. The van der Waals surface area contributed by atoms with Crippen molar-refractivity contribution in [2.75, 3.05) is 22.8 Å². The zero-order chi connectivity index (χ0) is 16.3. The van der Waals surface area contributed by atoms with Gasteiger partial charge in [0.15, 0.2) is 5.82 Å². The van der Waals surface area contributed by atoms with Crippen molar-refractivity contribution in [2.24, 2.45) is 0 Å². The highest BCUT2D eigenvalue weighted by Crippen LogP contribution is 2.20. The van der Waals surface area contributed by atoms with Crippen LogP contribution in [0.2, 0.25) is 0 Å². The minimum absolute atomic E-state index is 0.559. The van der Waals surface area contributed by atoms with Crippen LogP contribution in [0.4, 0.5) is 11.5 Å². The van der Waals surface area contributed by atoms with E-state index in [2.05, 4.69) is 25.0 Å². The van der Waals surface area contributed by atoms with Gasteiger partial charge in [-0.25, -0.2) is 23.4 Å². The van der Waals surface area contributed by atoms with E-state index in [1.807, 2.05) is 12.1 Å². The zero-order valence-corrected chi connectivity index (χ0v) is 14.0. The largest absolute Gasteiger partial charge is 0.368 e. The lowest BCUT2D eigenvalue weighted by Gasteiger charge is -2.07. The normalized spacial score (nSPS) is 11.5. The van der Waals surface area contributed by atoms with Crippen molar-refractivity contribution >= 4 is 43.2 Å². The van der Waals surface area contributed by atoms with E-state index in [0.717, 1.165) is 34.4 Å². The Balaban J connectivity index is 1.59. The van der Waals surface area contributed by atoms with Gasteiger partial charge in [-0.3, -0.25) is 4.72 Å². The maximum Gasteiger partial charge on any atom is 0.229 e. The van der Waals surface area contributed by atoms with E-state index in [1.54, 1.807) is 17.6 Å². The first-order chi connectivity index (χ1) is 11.0. The lowest BCUT2D eigenvalue weighted by atomic mass is 10.1. The number of benzene rings is 1. The third-order valence-corrected chi connectivity index (χ3v) is 4.44. The predicted molar refractivity (Wildman–Crippen MR) is 92.3 cm³/mol. The molecule has 0 unspecified atom stereocenters. The molecule has 9 heteroatoms. The molecule has 0 bridgehead atoms. The second-order valence-electron chi connectivity index (χ2n) is 4.98. The number of anilines is 2. The molecule has 0 fully saturated rings. The van der Waals surface area contributed by atoms with Crippen molar-refractivity contribution in [3.63, 3.8) is 0 Å². The standard InChI is InChI=1S/C14H15N5O2S2/c1-23(20,21)19-11-4-2-10(3-5-11)6-7-15-13-12-14(17-8-16-13)22-9-18-12/h2-5,8-9,19H,6-7H2,1H3,(H,15,16,17). The molecule has 3 rings (SSSR count). The molecule has 0 aliphatic carbocycles. The second-order valence-corrected chi connectivity index (χ2v) is 7.56. The van der Waals surface area contributed by atoms with E-state index in [4.69, 9.17) is 0 Å². The van der Waals surface area contributed by atoms with Gasteiger partial charge in [-0.2, -0.15) is 0 Å². The fourth-order valence-corrected chi connectivity index (χ4v) is 3.29. The van der Waals surface area contributed by atoms with E-state index >= 15 is 0 Å². The van der Waals surface area contributed by atoms with Gasteiger partial charge in [-0.05, 0) is 24.1 Å². The van der Waals surface area contributed by atoms with Gasteiger partial charge in [-0.15, -0.1) is 11.3 Å². The number of rotatable bonds is 6. The van der Waals surface area contributed by atoms with E-state index in [-0.39, 0.29) is 0 Å². The Morgan fingerprint density at radius 3 is 2.65 bits per heavy atom. The highest BCUT2D eigenvalue weighted by Gasteiger charge is 2.06. The van der Waals surface area contributed by atoms with Gasteiger partial charge in [0.2, 0.25) is 10.0 Å². The van der Waals surface area contributed by atoms with Gasteiger partial charge in [0, 0.05) is 12.2 Å². The zero-order valence-electron chi connectivity index (χ0n) is 12.4. The Labute approximate surface area is 137 Å². The van der Waals surface area contributed by atoms with Crippen LogP contribution in [0.3, 0.4) is 0 Å². The van der Waals surface area contributed by atoms with Crippen LogP contribution in [-0.2, 0) is 16.4 Å². The second kappa shape index (κ2) is 6.47. The molecule has 3 aromatic rings. The van der Waals surface area contributed by atoms with Crippen LogP contribution in [0.5, 0.6) is 0 Å². The Morgan fingerprint density at radius 2 is 1.91 bits per heavy atom. The molecular weight excluding hydrogens is 334 g/mol. The summed E-state index contributed by atoms with van der Waals surface area (Å²) in [5.41, 5.74) is 4.19. The highest BCUT2D eigenvalue weighted by atomic mass is 32.2. The number of hydrogen-bond acceptors (Lipinski definition) is 7. The molecule has 23 heavy (non-hydrogen) atoms. The summed E-state index contributed by atoms with van der Waals surface area (Å²) in [5.74, 6) is 0.728. The monoisotopic (exact) mass is 349 g/mol. The summed E-state index contributed by atoms with van der Waals surface area (Å²) in [6.07, 6.45) is 3.44. The van der Waals surface area contributed by atoms with Gasteiger partial charge >= 0.3 is 0 Å². The highest BCUT2D eigenvalue weighted by molar-refractivity contribution is 7.92. The van der Waals surface area contributed by atoms with Crippen LogP contribution in [0, 0.1) is 0 Å². The fourth-order valence-electron chi connectivity index (χ4n) is 2.10. The average molecular weight is 349 g/mol. The van der Waals surface area contributed by atoms with Gasteiger partial charge < -0.3 is 5.32 Å². The Hall–Kier alpha value is -2.26. The first kappa shape index (κ1) is 15.6. The molecule has 2 heterocycles. The summed E-state index contributed by atoms with van der Waals surface area (Å²) in [4.78, 5) is 13.5. The van der Waals surface area contributed by atoms with Gasteiger partial charge in [0.05, 0.1) is 11.8 Å². The molecule has 0 saturated carbocycles. The molecule has 0 radical (unpaired) electrons. The van der Waals surface area contributed by atoms with Crippen LogP contribution in [0.25, 0.3) is 10.3 Å². The van der Waals surface area contributed by atoms with Crippen molar-refractivity contribution in [1.82, 2.24) is 15.0 Å². The van der Waals surface area contributed by atoms with E-state index in [0.29, 0.717) is 12.2 Å². The van der Waals surface area contributed by atoms with Crippen LogP contribution in [-0.4, -0.2) is 36.2 Å². The topological polar surface area (TPSA) is 96.9 Å². The van der Waals surface area contributed by atoms with Crippen molar-refractivity contribution in [1.29, 1.82) is 0 Å². The summed E-state index contributed by atoms with van der Waals surface area (Å²) in [6, 6.07) is 7.29. The molecule has 0 amide bonds. The van der Waals surface area contributed by atoms with Crippen molar-refractivity contribution < 1.29 is 8.42 Å². The molecule has 0 saturated heterocycles. The van der Waals surface area contributed by atoms with E-state index in [9.17, 15) is 8.42 Å². The number of thiazole rings is 1. The van der Waals surface area contributed by atoms with Crippen LogP contribution in [0.15, 0.2) is 36.1 Å². The number of fused-ring (bicyclic) bond motifs is 1. The molecule has 2 aromatic heterocycles.